The molecule has 2 heterocycles. The standard InChI is InChI=1S/C27H24N2O/c1-16-24(19-10-5-6-12-22(19)29(16)2)27-26-20(11-7-13-23(26)30)25-18-9-4-3-8-17(18)14-15-21(25)28-27/h3-6,8-10,12,14-15,27-28H,7,11,13H2,1-2H3/t27-/m1/s1. The van der Waals surface area contributed by atoms with Gasteiger partial charge in [0.15, 0.2) is 5.78 Å². The number of allylic oxidation sites excluding steroid dienone is 1. The topological polar surface area (TPSA) is 34.0 Å². The van der Waals surface area contributed by atoms with Crippen LogP contribution in [0.3, 0.4) is 0 Å². The number of para-hydroxylation sites is 1. The number of aryl methyl sites for hydroxylation is 1. The molecule has 1 aliphatic heterocycles. The number of carbonyl (C=O) groups is 1. The minimum Gasteiger partial charge on any atom is -0.373 e. The minimum absolute atomic E-state index is 0.104. The van der Waals surface area contributed by atoms with Crippen molar-refractivity contribution < 1.29 is 4.79 Å². The summed E-state index contributed by atoms with van der Waals surface area (Å²) in [6, 6.07) is 21.3. The molecule has 30 heavy (non-hydrogen) atoms. The lowest BCUT2D eigenvalue weighted by atomic mass is 9.76. The zero-order valence-corrected chi connectivity index (χ0v) is 17.3. The van der Waals surface area contributed by atoms with Crippen LogP contribution in [0.1, 0.15) is 42.1 Å². The average Bonchev–Trinajstić information content (AvgIpc) is 3.03. The third-order valence-corrected chi connectivity index (χ3v) is 7.01. The number of carbonyl (C=O) groups excluding carboxylic acids is 1. The number of Topliss-reactive ketones (excluding diaryl/α,β-unsaturated/α-hetero) is 1. The number of aromatic nitrogens is 1. The largest absolute Gasteiger partial charge is 0.373 e. The van der Waals surface area contributed by atoms with Crippen LogP contribution in [0.25, 0.3) is 27.2 Å². The molecule has 4 aromatic rings. The lowest BCUT2D eigenvalue weighted by molar-refractivity contribution is -0.116. The molecule has 0 amide bonds. The fourth-order valence-electron chi connectivity index (χ4n) is 5.53. The molecule has 148 valence electrons. The van der Waals surface area contributed by atoms with Crippen LogP contribution in [0.15, 0.2) is 66.2 Å². The maximum atomic E-state index is 13.3. The molecule has 3 heteroatoms. The van der Waals surface area contributed by atoms with Crippen LogP contribution in [0, 0.1) is 6.92 Å². The van der Waals surface area contributed by atoms with Crippen LogP contribution in [0.5, 0.6) is 0 Å². The third kappa shape index (κ3) is 2.29. The normalized spacial score (nSPS) is 18.5. The summed E-state index contributed by atoms with van der Waals surface area (Å²) in [6.45, 7) is 2.17. The lowest BCUT2D eigenvalue weighted by Gasteiger charge is -2.35. The van der Waals surface area contributed by atoms with Gasteiger partial charge in [-0.2, -0.15) is 0 Å². The van der Waals surface area contributed by atoms with Crippen molar-refractivity contribution in [3.63, 3.8) is 0 Å². The monoisotopic (exact) mass is 392 g/mol. The Morgan fingerprint density at radius 1 is 0.933 bits per heavy atom. The second-order valence-electron chi connectivity index (χ2n) is 8.53. The highest BCUT2D eigenvalue weighted by molar-refractivity contribution is 6.13. The molecule has 1 aromatic heterocycles. The van der Waals surface area contributed by atoms with E-state index in [4.69, 9.17) is 0 Å². The molecule has 2 aliphatic rings. The van der Waals surface area contributed by atoms with Crippen molar-refractivity contribution in [3.05, 3.63) is 83.1 Å². The predicted molar refractivity (Wildman–Crippen MR) is 124 cm³/mol. The number of hydrogen-bond acceptors (Lipinski definition) is 2. The first kappa shape index (κ1) is 17.5. The molecule has 0 fully saturated rings. The van der Waals surface area contributed by atoms with Gasteiger partial charge in [0.25, 0.3) is 0 Å². The van der Waals surface area contributed by atoms with Gasteiger partial charge in [-0.3, -0.25) is 4.79 Å². The second kappa shape index (κ2) is 6.33. The van der Waals surface area contributed by atoms with Gasteiger partial charge in [0.2, 0.25) is 0 Å². The molecule has 0 spiro atoms. The Bertz CT molecular complexity index is 1390. The van der Waals surface area contributed by atoms with Gasteiger partial charge >= 0.3 is 0 Å². The quantitative estimate of drug-likeness (QED) is 0.412. The number of ketones is 1. The lowest BCUT2D eigenvalue weighted by Crippen LogP contribution is -2.27. The summed E-state index contributed by atoms with van der Waals surface area (Å²) in [5.41, 5.74) is 8.24. The summed E-state index contributed by atoms with van der Waals surface area (Å²) in [7, 11) is 2.11. The van der Waals surface area contributed by atoms with Gasteiger partial charge in [0, 0.05) is 52.5 Å². The Labute approximate surface area is 176 Å². The zero-order chi connectivity index (χ0) is 20.4. The molecular formula is C27H24N2O. The van der Waals surface area contributed by atoms with E-state index in [1.54, 1.807) is 0 Å². The van der Waals surface area contributed by atoms with Crippen molar-refractivity contribution in [1.82, 2.24) is 4.57 Å². The number of nitrogens with one attached hydrogen (secondary N) is 1. The number of nitrogens with zero attached hydrogens (tertiary/aromatic N) is 1. The van der Waals surface area contributed by atoms with Crippen molar-refractivity contribution in [1.29, 1.82) is 0 Å². The first-order chi connectivity index (χ1) is 14.6. The number of fused-ring (bicyclic) bond motifs is 5. The molecule has 1 N–H and O–H groups in total. The average molecular weight is 393 g/mol. The van der Waals surface area contributed by atoms with Gasteiger partial charge in [-0.1, -0.05) is 48.5 Å². The van der Waals surface area contributed by atoms with Gasteiger partial charge in [-0.15, -0.1) is 0 Å². The smallest absolute Gasteiger partial charge is 0.161 e. The van der Waals surface area contributed by atoms with Crippen LogP contribution >= 0.6 is 0 Å². The third-order valence-electron chi connectivity index (χ3n) is 7.01. The SMILES string of the molecule is Cc1c([C@H]2Nc3ccc4ccccc4c3C3=C2C(=O)CCC3)c2ccccc2n1C. The first-order valence-corrected chi connectivity index (χ1v) is 10.7. The van der Waals surface area contributed by atoms with Crippen LogP contribution in [0.2, 0.25) is 0 Å². The van der Waals surface area contributed by atoms with Crippen molar-refractivity contribution >= 4 is 38.7 Å². The highest BCUT2D eigenvalue weighted by Crippen LogP contribution is 2.49. The number of rotatable bonds is 1. The van der Waals surface area contributed by atoms with Gasteiger partial charge in [-0.05, 0) is 48.2 Å². The van der Waals surface area contributed by atoms with E-state index in [0.717, 1.165) is 24.1 Å². The van der Waals surface area contributed by atoms with E-state index in [2.05, 4.69) is 84.5 Å². The summed E-state index contributed by atoms with van der Waals surface area (Å²) >= 11 is 0. The predicted octanol–water partition coefficient (Wildman–Crippen LogP) is 6.31. The molecule has 1 aliphatic carbocycles. The molecule has 1 atom stereocenters. The first-order valence-electron chi connectivity index (χ1n) is 10.7. The van der Waals surface area contributed by atoms with Gasteiger partial charge in [0.05, 0.1) is 6.04 Å². The molecule has 0 saturated heterocycles. The molecule has 0 saturated carbocycles. The highest BCUT2D eigenvalue weighted by atomic mass is 16.1. The minimum atomic E-state index is -0.104. The van der Waals surface area contributed by atoms with Crippen molar-refractivity contribution in [2.24, 2.45) is 7.05 Å². The second-order valence-corrected chi connectivity index (χ2v) is 8.53. The van der Waals surface area contributed by atoms with Crippen molar-refractivity contribution in [2.45, 2.75) is 32.2 Å². The Kier molecular flexibility index (Phi) is 3.70. The van der Waals surface area contributed by atoms with Crippen LogP contribution in [0.4, 0.5) is 5.69 Å². The van der Waals surface area contributed by atoms with E-state index in [9.17, 15) is 4.79 Å². The summed E-state index contributed by atoms with van der Waals surface area (Å²) in [5.74, 6) is 0.291. The molecule has 0 unspecified atom stereocenters. The molecule has 0 radical (unpaired) electrons. The van der Waals surface area contributed by atoms with Crippen molar-refractivity contribution in [3.8, 4) is 0 Å². The number of anilines is 1. The Morgan fingerprint density at radius 3 is 2.57 bits per heavy atom. The van der Waals surface area contributed by atoms with E-state index in [1.165, 1.54) is 44.1 Å². The number of benzene rings is 3. The van der Waals surface area contributed by atoms with E-state index in [0.29, 0.717) is 12.2 Å². The van der Waals surface area contributed by atoms with Gasteiger partial charge < -0.3 is 9.88 Å². The Morgan fingerprint density at radius 2 is 1.70 bits per heavy atom. The van der Waals surface area contributed by atoms with Gasteiger partial charge in [0.1, 0.15) is 0 Å². The van der Waals surface area contributed by atoms with Crippen LogP contribution < -0.4 is 5.32 Å². The molecule has 3 nitrogen and oxygen atoms in total. The zero-order valence-electron chi connectivity index (χ0n) is 17.3. The summed E-state index contributed by atoms with van der Waals surface area (Å²) in [5, 5.41) is 7.47. The molecule has 6 rings (SSSR count). The summed E-state index contributed by atoms with van der Waals surface area (Å²) < 4.78 is 2.25. The molecular weight excluding hydrogens is 368 g/mol. The summed E-state index contributed by atoms with van der Waals surface area (Å²) in [6.07, 6.45) is 2.53. The van der Waals surface area contributed by atoms with E-state index in [-0.39, 0.29) is 6.04 Å². The van der Waals surface area contributed by atoms with E-state index < -0.39 is 0 Å². The Hall–Kier alpha value is -3.33. The fourth-order valence-corrected chi connectivity index (χ4v) is 5.53. The maximum absolute atomic E-state index is 13.3. The van der Waals surface area contributed by atoms with Crippen LogP contribution in [-0.4, -0.2) is 10.4 Å². The van der Waals surface area contributed by atoms with Crippen molar-refractivity contribution in [2.75, 3.05) is 5.32 Å². The molecule has 0 bridgehead atoms. The highest BCUT2D eigenvalue weighted by Gasteiger charge is 2.37. The maximum Gasteiger partial charge on any atom is 0.161 e. The van der Waals surface area contributed by atoms with E-state index >= 15 is 0 Å². The molecule has 3 aromatic carbocycles. The Balaban J connectivity index is 1.68. The number of hydrogen-bond donors (Lipinski definition) is 1. The summed E-state index contributed by atoms with van der Waals surface area (Å²) in [4.78, 5) is 13.3. The van der Waals surface area contributed by atoms with Gasteiger partial charge in [-0.25, -0.2) is 0 Å². The van der Waals surface area contributed by atoms with E-state index in [1.807, 2.05) is 0 Å². The van der Waals surface area contributed by atoms with Crippen LogP contribution in [-0.2, 0) is 11.8 Å². The fraction of sp³-hybridized carbons (Fsp3) is 0.222.